The van der Waals surface area contributed by atoms with Gasteiger partial charge in [-0.3, -0.25) is 0 Å². The standard InChI is InChI=1S/C20H23F3N6O2/c1-29-13-12-25-17(29)19(31,20(21,22)23)8-9-26-18(30)27-11-10-24-16-7-6-14-4-2-3-5-15(14)28-16/h2-7,12-13,31H,8-11H2,1H3,(H,24,28)(H2,26,27,30). The van der Waals surface area contributed by atoms with Crippen molar-refractivity contribution in [1.29, 1.82) is 0 Å². The number of hydrogen-bond acceptors (Lipinski definition) is 5. The van der Waals surface area contributed by atoms with E-state index in [0.29, 0.717) is 12.4 Å². The summed E-state index contributed by atoms with van der Waals surface area (Å²) in [4.78, 5) is 19.9. The molecular weight excluding hydrogens is 413 g/mol. The Hall–Kier alpha value is -3.34. The first-order chi connectivity index (χ1) is 14.7. The van der Waals surface area contributed by atoms with Crippen molar-refractivity contribution in [2.45, 2.75) is 18.2 Å². The maximum atomic E-state index is 13.4. The van der Waals surface area contributed by atoms with Crippen LogP contribution in [0.5, 0.6) is 0 Å². The van der Waals surface area contributed by atoms with Gasteiger partial charge in [0.1, 0.15) is 11.6 Å². The number of benzene rings is 1. The van der Waals surface area contributed by atoms with E-state index in [4.69, 9.17) is 0 Å². The molecule has 0 aliphatic rings. The van der Waals surface area contributed by atoms with Crippen molar-refractivity contribution in [3.63, 3.8) is 0 Å². The minimum atomic E-state index is -4.94. The average molecular weight is 436 g/mol. The first kappa shape index (κ1) is 22.3. The number of aromatic nitrogens is 3. The lowest BCUT2D eigenvalue weighted by molar-refractivity contribution is -0.272. The van der Waals surface area contributed by atoms with Gasteiger partial charge in [0.05, 0.1) is 5.52 Å². The molecule has 4 N–H and O–H groups in total. The monoisotopic (exact) mass is 436 g/mol. The number of anilines is 1. The molecule has 1 atom stereocenters. The van der Waals surface area contributed by atoms with E-state index in [-0.39, 0.29) is 6.54 Å². The number of rotatable bonds is 8. The zero-order chi connectivity index (χ0) is 22.5. The molecule has 166 valence electrons. The summed E-state index contributed by atoms with van der Waals surface area (Å²) in [6, 6.07) is 10.7. The fourth-order valence-corrected chi connectivity index (χ4v) is 3.09. The Morgan fingerprint density at radius 1 is 1.10 bits per heavy atom. The Morgan fingerprint density at radius 2 is 1.84 bits per heavy atom. The molecule has 2 aromatic heterocycles. The number of carbonyl (C=O) groups is 1. The molecule has 8 nitrogen and oxygen atoms in total. The number of nitrogens with zero attached hydrogens (tertiary/aromatic N) is 3. The third kappa shape index (κ3) is 5.23. The molecule has 0 aliphatic carbocycles. The summed E-state index contributed by atoms with van der Waals surface area (Å²) in [5, 5.41) is 19.2. The van der Waals surface area contributed by atoms with Crippen LogP contribution >= 0.6 is 0 Å². The van der Waals surface area contributed by atoms with E-state index < -0.39 is 36.6 Å². The molecule has 0 fully saturated rings. The maximum absolute atomic E-state index is 13.4. The summed E-state index contributed by atoms with van der Waals surface area (Å²) in [7, 11) is 1.36. The number of hydrogen-bond donors (Lipinski definition) is 4. The van der Waals surface area contributed by atoms with Crippen molar-refractivity contribution >= 4 is 22.8 Å². The second-order valence-electron chi connectivity index (χ2n) is 6.97. The number of amides is 2. The number of aliphatic hydroxyl groups is 1. The number of pyridine rings is 1. The smallest absolute Gasteiger partial charge is 0.374 e. The fraction of sp³-hybridized carbons (Fsp3) is 0.350. The topological polar surface area (TPSA) is 104 Å². The lowest BCUT2D eigenvalue weighted by atomic mass is 9.97. The lowest BCUT2D eigenvalue weighted by Gasteiger charge is -2.29. The van der Waals surface area contributed by atoms with Crippen LogP contribution in [0.15, 0.2) is 48.8 Å². The first-order valence-electron chi connectivity index (χ1n) is 9.59. The SMILES string of the molecule is Cn1ccnc1C(O)(CCNC(=O)NCCNc1ccc2ccccc2n1)C(F)(F)F. The van der Waals surface area contributed by atoms with Gasteiger partial charge < -0.3 is 25.6 Å². The normalized spacial score (nSPS) is 13.6. The van der Waals surface area contributed by atoms with Gasteiger partial charge in [-0.25, -0.2) is 14.8 Å². The minimum absolute atomic E-state index is 0.225. The van der Waals surface area contributed by atoms with E-state index in [1.807, 2.05) is 36.4 Å². The van der Waals surface area contributed by atoms with E-state index >= 15 is 0 Å². The Bertz CT molecular complexity index is 1040. The highest BCUT2D eigenvalue weighted by Crippen LogP contribution is 2.40. The van der Waals surface area contributed by atoms with Gasteiger partial charge in [0, 0.05) is 50.9 Å². The number of nitrogens with one attached hydrogen (secondary N) is 3. The Labute approximate surface area is 176 Å². The van der Waals surface area contributed by atoms with Gasteiger partial charge in [-0.1, -0.05) is 18.2 Å². The van der Waals surface area contributed by atoms with Crippen LogP contribution in [0.2, 0.25) is 0 Å². The molecule has 0 saturated carbocycles. The number of alkyl halides is 3. The molecule has 3 rings (SSSR count). The van der Waals surface area contributed by atoms with E-state index in [1.165, 1.54) is 19.4 Å². The predicted octanol–water partition coefficient (Wildman–Crippen LogP) is 2.52. The van der Waals surface area contributed by atoms with Crippen LogP contribution in [0.3, 0.4) is 0 Å². The van der Waals surface area contributed by atoms with Crippen LogP contribution in [0.25, 0.3) is 10.9 Å². The highest BCUT2D eigenvalue weighted by Gasteiger charge is 2.57. The number of halogens is 3. The molecule has 1 unspecified atom stereocenters. The first-order valence-corrected chi connectivity index (χ1v) is 9.59. The number of carbonyl (C=O) groups excluding carboxylic acids is 1. The van der Waals surface area contributed by atoms with Crippen molar-refractivity contribution in [3.05, 3.63) is 54.6 Å². The van der Waals surface area contributed by atoms with E-state index in [1.54, 1.807) is 0 Å². The van der Waals surface area contributed by atoms with Gasteiger partial charge in [-0.15, -0.1) is 0 Å². The molecule has 0 aliphatic heterocycles. The molecule has 2 amide bonds. The van der Waals surface area contributed by atoms with Crippen LogP contribution in [-0.2, 0) is 12.6 Å². The predicted molar refractivity (Wildman–Crippen MR) is 109 cm³/mol. The van der Waals surface area contributed by atoms with Crippen molar-refractivity contribution in [2.75, 3.05) is 25.0 Å². The molecular formula is C20H23F3N6O2. The summed E-state index contributed by atoms with van der Waals surface area (Å²) >= 11 is 0. The van der Waals surface area contributed by atoms with Gasteiger partial charge in [0.15, 0.2) is 0 Å². The summed E-state index contributed by atoms with van der Waals surface area (Å²) in [6.07, 6.45) is -3.23. The summed E-state index contributed by atoms with van der Waals surface area (Å²) in [5.41, 5.74) is -2.33. The second kappa shape index (κ2) is 9.21. The van der Waals surface area contributed by atoms with Crippen LogP contribution in [-0.4, -0.2) is 51.5 Å². The van der Waals surface area contributed by atoms with Crippen molar-refractivity contribution in [2.24, 2.45) is 7.05 Å². The maximum Gasteiger partial charge on any atom is 0.424 e. The summed E-state index contributed by atoms with van der Waals surface area (Å²) < 4.78 is 41.4. The summed E-state index contributed by atoms with van der Waals surface area (Å²) in [5.74, 6) is 0.112. The zero-order valence-electron chi connectivity index (χ0n) is 16.8. The van der Waals surface area contributed by atoms with Gasteiger partial charge in [-0.2, -0.15) is 13.2 Å². The zero-order valence-corrected chi connectivity index (χ0v) is 16.8. The molecule has 31 heavy (non-hydrogen) atoms. The number of aryl methyl sites for hydroxylation is 1. The van der Waals surface area contributed by atoms with E-state index in [0.717, 1.165) is 15.5 Å². The van der Waals surface area contributed by atoms with E-state index in [9.17, 15) is 23.1 Å². The minimum Gasteiger partial charge on any atom is -0.374 e. The molecule has 3 aromatic rings. The highest BCUT2D eigenvalue weighted by molar-refractivity contribution is 5.80. The van der Waals surface area contributed by atoms with Crippen LogP contribution in [0.4, 0.5) is 23.8 Å². The molecule has 0 bridgehead atoms. The third-order valence-corrected chi connectivity index (χ3v) is 4.75. The lowest BCUT2D eigenvalue weighted by Crippen LogP contribution is -2.47. The molecule has 0 radical (unpaired) electrons. The molecule has 11 heteroatoms. The average Bonchev–Trinajstić information content (AvgIpc) is 3.16. The number of urea groups is 1. The van der Waals surface area contributed by atoms with Gasteiger partial charge in [0.2, 0.25) is 5.60 Å². The number of fused-ring (bicyclic) bond motifs is 1. The number of imidazole rings is 1. The van der Waals surface area contributed by atoms with Crippen LogP contribution in [0, 0.1) is 0 Å². The summed E-state index contributed by atoms with van der Waals surface area (Å²) in [6.45, 7) is 0.204. The van der Waals surface area contributed by atoms with E-state index in [2.05, 4.69) is 25.9 Å². The van der Waals surface area contributed by atoms with Crippen LogP contribution in [0.1, 0.15) is 12.2 Å². The molecule has 1 aromatic carbocycles. The largest absolute Gasteiger partial charge is 0.424 e. The Kier molecular flexibility index (Phi) is 6.64. The third-order valence-electron chi connectivity index (χ3n) is 4.75. The fourth-order valence-electron chi connectivity index (χ4n) is 3.09. The van der Waals surface area contributed by atoms with Gasteiger partial charge >= 0.3 is 12.2 Å². The van der Waals surface area contributed by atoms with Crippen molar-refractivity contribution < 1.29 is 23.1 Å². The van der Waals surface area contributed by atoms with Crippen molar-refractivity contribution in [1.82, 2.24) is 25.2 Å². The molecule has 0 saturated heterocycles. The quantitative estimate of drug-likeness (QED) is 0.406. The Balaban J connectivity index is 1.43. The molecule has 2 heterocycles. The highest BCUT2D eigenvalue weighted by atomic mass is 19.4. The van der Waals surface area contributed by atoms with Crippen LogP contribution < -0.4 is 16.0 Å². The van der Waals surface area contributed by atoms with Gasteiger partial charge in [-0.05, 0) is 18.2 Å². The second-order valence-corrected chi connectivity index (χ2v) is 6.97. The molecule has 0 spiro atoms. The number of para-hydroxylation sites is 1. The van der Waals surface area contributed by atoms with Crippen molar-refractivity contribution in [3.8, 4) is 0 Å². The Morgan fingerprint density at radius 3 is 2.55 bits per heavy atom. The van der Waals surface area contributed by atoms with Gasteiger partial charge in [0.25, 0.3) is 0 Å².